The van der Waals surface area contributed by atoms with E-state index in [0.29, 0.717) is 24.5 Å². The van der Waals surface area contributed by atoms with E-state index in [1.165, 1.54) is 46.2 Å². The maximum absolute atomic E-state index is 13.7. The number of hydrogen-bond donors (Lipinski definition) is 0. The predicted molar refractivity (Wildman–Crippen MR) is 136 cm³/mol. The lowest BCUT2D eigenvalue weighted by molar-refractivity contribution is -0.135. The van der Waals surface area contributed by atoms with E-state index in [0.717, 1.165) is 24.8 Å². The van der Waals surface area contributed by atoms with Crippen molar-refractivity contribution in [3.8, 4) is 5.75 Å². The Morgan fingerprint density at radius 3 is 2.49 bits per heavy atom. The van der Waals surface area contributed by atoms with Gasteiger partial charge < -0.3 is 19.3 Å². The molecule has 194 valence electrons. The highest BCUT2D eigenvalue weighted by Crippen LogP contribution is 2.34. The van der Waals surface area contributed by atoms with Crippen molar-refractivity contribution in [2.75, 3.05) is 32.8 Å². The average Bonchev–Trinajstić information content (AvgIpc) is 3.60. The molecule has 6 nitrogen and oxygen atoms in total. The molecule has 2 amide bonds. The fourth-order valence-corrected chi connectivity index (χ4v) is 5.79. The molecule has 2 atom stereocenters. The predicted octanol–water partition coefficient (Wildman–Crippen LogP) is 4.85. The van der Waals surface area contributed by atoms with Crippen molar-refractivity contribution in [1.82, 2.24) is 9.80 Å². The number of ether oxygens (including phenoxy) is 2. The van der Waals surface area contributed by atoms with Crippen molar-refractivity contribution < 1.29 is 27.8 Å². The van der Waals surface area contributed by atoms with Gasteiger partial charge in [-0.1, -0.05) is 0 Å². The zero-order chi connectivity index (χ0) is 25.8. The van der Waals surface area contributed by atoms with Crippen LogP contribution in [0.15, 0.2) is 60.0 Å². The summed E-state index contributed by atoms with van der Waals surface area (Å²) in [7, 11) is 0. The van der Waals surface area contributed by atoms with Gasteiger partial charge >= 0.3 is 0 Å². The Labute approximate surface area is 218 Å². The lowest BCUT2D eigenvalue weighted by Gasteiger charge is -2.37. The van der Waals surface area contributed by atoms with E-state index in [1.54, 1.807) is 28.4 Å². The third kappa shape index (κ3) is 5.99. The van der Waals surface area contributed by atoms with Crippen molar-refractivity contribution in [3.05, 3.63) is 87.6 Å². The first-order valence-electron chi connectivity index (χ1n) is 12.4. The summed E-state index contributed by atoms with van der Waals surface area (Å²) in [6, 6.07) is 12.8. The molecule has 2 aromatic carbocycles. The summed E-state index contributed by atoms with van der Waals surface area (Å²) in [5.74, 6) is -0.793. The molecule has 3 heterocycles. The maximum Gasteiger partial charge on any atom is 0.254 e. The molecule has 37 heavy (non-hydrogen) atoms. The minimum atomic E-state index is -0.429. The van der Waals surface area contributed by atoms with Crippen LogP contribution in [0.4, 0.5) is 8.78 Å². The maximum atomic E-state index is 13.7. The first kappa shape index (κ1) is 25.4. The molecular weight excluding hydrogens is 498 g/mol. The third-order valence-corrected chi connectivity index (χ3v) is 7.79. The second kappa shape index (κ2) is 11.4. The molecule has 2 aliphatic heterocycles. The standard InChI is InChI=1S/C28H28F2N2O4S/c29-20-5-3-19(4-6-20)28(34)31(16-23-2-1-14-35-23)17-27(33)32-13-11-26-24(12-15-37-26)25(32)18-36-22-9-7-21(30)8-10-22/h3-10,12,15,23,25H,1-2,11,13-14,16-18H2/t23-,25-/m0/s1. The zero-order valence-electron chi connectivity index (χ0n) is 20.3. The van der Waals surface area contributed by atoms with E-state index in [2.05, 4.69) is 0 Å². The molecule has 0 radical (unpaired) electrons. The SMILES string of the molecule is O=C(c1ccc(F)cc1)N(CC(=O)N1CCc2sccc2[C@@H]1COc1ccc(F)cc1)C[C@@H]1CCCO1. The van der Waals surface area contributed by atoms with Crippen LogP contribution in [0.25, 0.3) is 0 Å². The Morgan fingerprint density at radius 2 is 1.78 bits per heavy atom. The quantitative estimate of drug-likeness (QED) is 0.421. The Morgan fingerprint density at radius 1 is 1.05 bits per heavy atom. The summed E-state index contributed by atoms with van der Waals surface area (Å²) in [6.07, 6.45) is 2.31. The fourth-order valence-electron chi connectivity index (χ4n) is 4.86. The number of amides is 2. The molecule has 0 bridgehead atoms. The highest BCUT2D eigenvalue weighted by atomic mass is 32.1. The molecule has 9 heteroatoms. The smallest absolute Gasteiger partial charge is 0.254 e. The van der Waals surface area contributed by atoms with Gasteiger partial charge in [0.15, 0.2) is 0 Å². The molecule has 0 aliphatic carbocycles. The van der Waals surface area contributed by atoms with E-state index in [-0.39, 0.29) is 49.5 Å². The topological polar surface area (TPSA) is 59.1 Å². The second-order valence-electron chi connectivity index (χ2n) is 9.24. The van der Waals surface area contributed by atoms with Crippen molar-refractivity contribution in [2.45, 2.75) is 31.4 Å². The van der Waals surface area contributed by atoms with Crippen molar-refractivity contribution >= 4 is 23.2 Å². The number of hydrogen-bond acceptors (Lipinski definition) is 5. The molecule has 0 spiro atoms. The van der Waals surface area contributed by atoms with Gasteiger partial charge in [0.05, 0.1) is 12.1 Å². The molecule has 5 rings (SSSR count). The van der Waals surface area contributed by atoms with E-state index in [4.69, 9.17) is 9.47 Å². The summed E-state index contributed by atoms with van der Waals surface area (Å²) in [4.78, 5) is 31.5. The number of halogens is 2. The van der Waals surface area contributed by atoms with Crippen LogP contribution in [-0.4, -0.2) is 60.6 Å². The molecule has 2 aliphatic rings. The van der Waals surface area contributed by atoms with Crippen LogP contribution in [0.2, 0.25) is 0 Å². The molecule has 0 saturated carbocycles. The second-order valence-corrected chi connectivity index (χ2v) is 10.2. The molecule has 0 N–H and O–H groups in total. The number of carbonyl (C=O) groups excluding carboxylic acids is 2. The van der Waals surface area contributed by atoms with E-state index in [9.17, 15) is 18.4 Å². The highest BCUT2D eigenvalue weighted by Gasteiger charge is 2.34. The van der Waals surface area contributed by atoms with Gasteiger partial charge in [0.1, 0.15) is 30.5 Å². The van der Waals surface area contributed by atoms with Crippen LogP contribution in [0.1, 0.15) is 39.7 Å². The Kier molecular flexibility index (Phi) is 7.81. The first-order chi connectivity index (χ1) is 18.0. The van der Waals surface area contributed by atoms with Gasteiger partial charge in [0.25, 0.3) is 5.91 Å². The minimum absolute atomic E-state index is 0.122. The van der Waals surface area contributed by atoms with Crippen LogP contribution in [0.3, 0.4) is 0 Å². The summed E-state index contributed by atoms with van der Waals surface area (Å²) >= 11 is 1.65. The van der Waals surface area contributed by atoms with Crippen LogP contribution in [0, 0.1) is 11.6 Å². The van der Waals surface area contributed by atoms with E-state index in [1.807, 2.05) is 11.4 Å². The lowest BCUT2D eigenvalue weighted by Crippen LogP contribution is -2.49. The van der Waals surface area contributed by atoms with Gasteiger partial charge in [0, 0.05) is 30.1 Å². The largest absolute Gasteiger partial charge is 0.491 e. The normalized spacial score (nSPS) is 18.9. The minimum Gasteiger partial charge on any atom is -0.491 e. The molecular formula is C28H28F2N2O4S. The lowest BCUT2D eigenvalue weighted by atomic mass is 10.00. The van der Waals surface area contributed by atoms with Gasteiger partial charge in [-0.05, 0) is 84.8 Å². The summed E-state index contributed by atoms with van der Waals surface area (Å²) in [6.45, 7) is 1.51. The molecule has 3 aromatic rings. The number of thiophene rings is 1. The van der Waals surface area contributed by atoms with Gasteiger partial charge in [-0.25, -0.2) is 8.78 Å². The monoisotopic (exact) mass is 526 g/mol. The molecule has 1 saturated heterocycles. The number of benzene rings is 2. The van der Waals surface area contributed by atoms with Crippen molar-refractivity contribution in [1.29, 1.82) is 0 Å². The highest BCUT2D eigenvalue weighted by molar-refractivity contribution is 7.10. The third-order valence-electron chi connectivity index (χ3n) is 6.79. The van der Waals surface area contributed by atoms with Crippen molar-refractivity contribution in [3.63, 3.8) is 0 Å². The first-order valence-corrected chi connectivity index (χ1v) is 13.3. The molecule has 0 unspecified atom stereocenters. The van der Waals surface area contributed by atoms with Gasteiger partial charge in [-0.15, -0.1) is 11.3 Å². The average molecular weight is 527 g/mol. The van der Waals surface area contributed by atoms with Crippen LogP contribution >= 0.6 is 11.3 Å². The van der Waals surface area contributed by atoms with Gasteiger partial charge in [0.2, 0.25) is 5.91 Å². The number of fused-ring (bicyclic) bond motifs is 1. The zero-order valence-corrected chi connectivity index (χ0v) is 21.1. The van der Waals surface area contributed by atoms with E-state index < -0.39 is 5.82 Å². The number of nitrogens with zero attached hydrogens (tertiary/aromatic N) is 2. The summed E-state index contributed by atoms with van der Waals surface area (Å²) < 4.78 is 38.5. The number of carbonyl (C=O) groups is 2. The van der Waals surface area contributed by atoms with Gasteiger partial charge in [-0.2, -0.15) is 0 Å². The van der Waals surface area contributed by atoms with Crippen molar-refractivity contribution in [2.24, 2.45) is 0 Å². The Hall–Kier alpha value is -3.30. The van der Waals surface area contributed by atoms with Crippen LogP contribution in [-0.2, 0) is 16.0 Å². The van der Waals surface area contributed by atoms with E-state index >= 15 is 0 Å². The summed E-state index contributed by atoms with van der Waals surface area (Å²) in [5, 5.41) is 2.01. The molecule has 1 aromatic heterocycles. The van der Waals surface area contributed by atoms with Gasteiger partial charge in [-0.3, -0.25) is 9.59 Å². The Bertz CT molecular complexity index is 1230. The Balaban J connectivity index is 1.34. The summed E-state index contributed by atoms with van der Waals surface area (Å²) in [5.41, 5.74) is 1.35. The molecule has 1 fully saturated rings. The fraction of sp³-hybridized carbons (Fsp3) is 0.357. The van der Waals surface area contributed by atoms with Crippen LogP contribution in [0.5, 0.6) is 5.75 Å². The van der Waals surface area contributed by atoms with Crippen LogP contribution < -0.4 is 4.74 Å². The number of rotatable bonds is 8.